The Balaban J connectivity index is 1.98. The molecule has 0 amide bonds. The third-order valence-corrected chi connectivity index (χ3v) is 2.17. The van der Waals surface area contributed by atoms with Crippen LogP contribution in [0.3, 0.4) is 0 Å². The summed E-state index contributed by atoms with van der Waals surface area (Å²) >= 11 is 0. The lowest BCUT2D eigenvalue weighted by Crippen LogP contribution is -2.15. The van der Waals surface area contributed by atoms with Gasteiger partial charge in [0.25, 0.3) is 0 Å². The molecule has 0 radical (unpaired) electrons. The van der Waals surface area contributed by atoms with E-state index in [0.29, 0.717) is 0 Å². The fourth-order valence-electron chi connectivity index (χ4n) is 1.40. The van der Waals surface area contributed by atoms with Gasteiger partial charge in [-0.1, -0.05) is 0 Å². The van der Waals surface area contributed by atoms with Crippen molar-refractivity contribution in [2.45, 2.75) is 20.0 Å². The first-order valence-electron chi connectivity index (χ1n) is 4.77. The first-order valence-corrected chi connectivity index (χ1v) is 4.77. The van der Waals surface area contributed by atoms with E-state index in [-0.39, 0.29) is 0 Å². The van der Waals surface area contributed by atoms with Crippen LogP contribution in [0.1, 0.15) is 12.7 Å². The minimum Gasteiger partial charge on any atom is -0.334 e. The average molecular weight is 190 g/mol. The van der Waals surface area contributed by atoms with E-state index in [1.807, 2.05) is 41.6 Å². The number of imidazole rings is 1. The monoisotopic (exact) mass is 190 g/mol. The van der Waals surface area contributed by atoms with Gasteiger partial charge in [-0.2, -0.15) is 0 Å². The van der Waals surface area contributed by atoms with E-state index in [0.717, 1.165) is 18.9 Å². The maximum atomic E-state index is 4.27. The summed E-state index contributed by atoms with van der Waals surface area (Å²) in [6.07, 6.45) is 7.77. The lowest BCUT2D eigenvalue weighted by molar-refractivity contribution is 0.685. The topological polar surface area (TPSA) is 34.8 Å². The van der Waals surface area contributed by atoms with Crippen LogP contribution in [0.2, 0.25) is 0 Å². The third-order valence-electron chi connectivity index (χ3n) is 2.17. The summed E-state index contributed by atoms with van der Waals surface area (Å²) in [5, 5.41) is 0. The number of hydrogen-bond donors (Lipinski definition) is 1. The van der Waals surface area contributed by atoms with Gasteiger partial charge in [0.2, 0.25) is 0 Å². The van der Waals surface area contributed by atoms with Crippen molar-refractivity contribution < 1.29 is 0 Å². The number of hydrogen-bond acceptors (Lipinski definition) is 2. The highest BCUT2D eigenvalue weighted by atomic mass is 15.4. The molecule has 0 aliphatic carbocycles. The second-order valence-electron chi connectivity index (χ2n) is 3.05. The molecular weight excluding hydrogens is 176 g/mol. The molecule has 4 heteroatoms. The number of aromatic nitrogens is 3. The molecule has 0 saturated carbocycles. The molecule has 0 atom stereocenters. The molecule has 14 heavy (non-hydrogen) atoms. The zero-order valence-corrected chi connectivity index (χ0v) is 8.22. The van der Waals surface area contributed by atoms with E-state index in [2.05, 4.69) is 21.9 Å². The SMILES string of the molecule is CCn1ccnc1CNn1cccc1. The molecule has 0 unspecified atom stereocenters. The van der Waals surface area contributed by atoms with Crippen molar-refractivity contribution >= 4 is 0 Å². The minimum atomic E-state index is 0.746. The smallest absolute Gasteiger partial charge is 0.129 e. The van der Waals surface area contributed by atoms with Crippen molar-refractivity contribution in [2.24, 2.45) is 0 Å². The number of aryl methyl sites for hydroxylation is 1. The molecule has 2 rings (SSSR count). The fourth-order valence-corrected chi connectivity index (χ4v) is 1.40. The summed E-state index contributed by atoms with van der Waals surface area (Å²) in [5.74, 6) is 1.06. The molecule has 0 aliphatic rings. The van der Waals surface area contributed by atoms with E-state index < -0.39 is 0 Å². The van der Waals surface area contributed by atoms with Crippen molar-refractivity contribution in [3.63, 3.8) is 0 Å². The van der Waals surface area contributed by atoms with Gasteiger partial charge in [0.15, 0.2) is 0 Å². The lowest BCUT2D eigenvalue weighted by Gasteiger charge is -2.08. The molecule has 2 aromatic rings. The van der Waals surface area contributed by atoms with Gasteiger partial charge in [-0.3, -0.25) is 4.68 Å². The Morgan fingerprint density at radius 1 is 1.29 bits per heavy atom. The largest absolute Gasteiger partial charge is 0.334 e. The van der Waals surface area contributed by atoms with Crippen LogP contribution < -0.4 is 5.43 Å². The summed E-state index contributed by atoms with van der Waals surface area (Å²) in [6.45, 7) is 3.82. The fraction of sp³-hybridized carbons (Fsp3) is 0.300. The van der Waals surface area contributed by atoms with Crippen LogP contribution >= 0.6 is 0 Å². The van der Waals surface area contributed by atoms with Crippen LogP contribution in [0.25, 0.3) is 0 Å². The molecule has 0 saturated heterocycles. The van der Waals surface area contributed by atoms with Crippen molar-refractivity contribution in [2.75, 3.05) is 5.43 Å². The normalized spacial score (nSPS) is 10.4. The summed E-state index contributed by atoms with van der Waals surface area (Å²) in [6, 6.07) is 3.97. The molecule has 74 valence electrons. The van der Waals surface area contributed by atoms with Gasteiger partial charge in [-0.05, 0) is 19.1 Å². The van der Waals surface area contributed by atoms with Gasteiger partial charge in [-0.25, -0.2) is 4.98 Å². The molecule has 4 nitrogen and oxygen atoms in total. The van der Waals surface area contributed by atoms with Crippen molar-refractivity contribution in [1.82, 2.24) is 14.2 Å². The summed E-state index contributed by atoms with van der Waals surface area (Å²) in [4.78, 5) is 4.27. The zero-order valence-electron chi connectivity index (χ0n) is 8.22. The maximum absolute atomic E-state index is 4.27. The summed E-state index contributed by atoms with van der Waals surface area (Å²) in [7, 11) is 0. The van der Waals surface area contributed by atoms with Crippen LogP contribution in [0, 0.1) is 0 Å². The molecule has 2 aromatic heterocycles. The summed E-state index contributed by atoms with van der Waals surface area (Å²) in [5.41, 5.74) is 3.24. The predicted octanol–water partition coefficient (Wildman–Crippen LogP) is 1.45. The third kappa shape index (κ3) is 1.79. The van der Waals surface area contributed by atoms with E-state index in [4.69, 9.17) is 0 Å². The standard InChI is InChI=1S/C10H14N4/c1-2-13-8-5-11-10(13)9-12-14-6-3-4-7-14/h3-8,12H,2,9H2,1H3. The number of rotatable bonds is 4. The Morgan fingerprint density at radius 2 is 2.07 bits per heavy atom. The van der Waals surface area contributed by atoms with Crippen molar-refractivity contribution in [3.05, 3.63) is 42.7 Å². The predicted molar refractivity (Wildman–Crippen MR) is 55.4 cm³/mol. The minimum absolute atomic E-state index is 0.746. The van der Waals surface area contributed by atoms with Gasteiger partial charge in [0, 0.05) is 31.3 Å². The second-order valence-corrected chi connectivity index (χ2v) is 3.05. The van der Waals surface area contributed by atoms with Gasteiger partial charge >= 0.3 is 0 Å². The van der Waals surface area contributed by atoms with Crippen LogP contribution in [-0.2, 0) is 13.1 Å². The number of nitrogens with one attached hydrogen (secondary N) is 1. The Kier molecular flexibility index (Phi) is 2.53. The Labute approximate surface area is 83.2 Å². The Morgan fingerprint density at radius 3 is 2.79 bits per heavy atom. The van der Waals surface area contributed by atoms with E-state index in [9.17, 15) is 0 Å². The molecule has 2 heterocycles. The van der Waals surface area contributed by atoms with E-state index in [1.54, 1.807) is 0 Å². The Bertz CT molecular complexity index is 374. The van der Waals surface area contributed by atoms with Crippen LogP contribution in [0.4, 0.5) is 0 Å². The highest BCUT2D eigenvalue weighted by molar-refractivity contribution is 4.98. The zero-order chi connectivity index (χ0) is 9.80. The Hall–Kier alpha value is -1.71. The molecule has 0 aliphatic heterocycles. The lowest BCUT2D eigenvalue weighted by atomic mass is 10.5. The highest BCUT2D eigenvalue weighted by Crippen LogP contribution is 1.97. The quantitative estimate of drug-likeness (QED) is 0.791. The second kappa shape index (κ2) is 4.00. The highest BCUT2D eigenvalue weighted by Gasteiger charge is 1.99. The first kappa shape index (κ1) is 8.87. The van der Waals surface area contributed by atoms with Gasteiger partial charge in [0.1, 0.15) is 5.82 Å². The molecule has 0 bridgehead atoms. The maximum Gasteiger partial charge on any atom is 0.129 e. The van der Waals surface area contributed by atoms with Crippen LogP contribution in [-0.4, -0.2) is 14.2 Å². The first-order chi connectivity index (χ1) is 6.90. The number of nitrogens with zero attached hydrogens (tertiary/aromatic N) is 3. The van der Waals surface area contributed by atoms with E-state index >= 15 is 0 Å². The summed E-state index contributed by atoms with van der Waals surface area (Å²) < 4.78 is 4.05. The van der Waals surface area contributed by atoms with Gasteiger partial charge < -0.3 is 9.99 Å². The molecule has 0 fully saturated rings. The van der Waals surface area contributed by atoms with Crippen molar-refractivity contribution in [1.29, 1.82) is 0 Å². The van der Waals surface area contributed by atoms with E-state index in [1.165, 1.54) is 0 Å². The molecule has 0 spiro atoms. The van der Waals surface area contributed by atoms with Gasteiger partial charge in [0.05, 0.1) is 6.54 Å². The average Bonchev–Trinajstić information content (AvgIpc) is 2.85. The molecule has 1 N–H and O–H groups in total. The molecular formula is C10H14N4. The van der Waals surface area contributed by atoms with Crippen LogP contribution in [0.5, 0.6) is 0 Å². The molecule has 0 aromatic carbocycles. The van der Waals surface area contributed by atoms with Crippen molar-refractivity contribution in [3.8, 4) is 0 Å². The van der Waals surface area contributed by atoms with Crippen LogP contribution in [0.15, 0.2) is 36.9 Å². The van der Waals surface area contributed by atoms with Gasteiger partial charge in [-0.15, -0.1) is 0 Å².